The number of rotatable bonds is 8. The van der Waals surface area contributed by atoms with Gasteiger partial charge < -0.3 is 24.7 Å². The molecule has 0 saturated carbocycles. The van der Waals surface area contributed by atoms with E-state index in [9.17, 15) is 0 Å². The maximum atomic E-state index is 6.20. The third kappa shape index (κ3) is 4.38. The number of hydrogen-bond donors (Lipinski definition) is 1. The number of methoxy groups -OCH3 is 2. The zero-order valence-electron chi connectivity index (χ0n) is 12.0. The number of ether oxygens (including phenoxy) is 4. The second-order valence-corrected chi connectivity index (χ2v) is 3.95. The van der Waals surface area contributed by atoms with Crippen LogP contribution >= 0.6 is 0 Å². The molecule has 1 aromatic carbocycles. The van der Waals surface area contributed by atoms with E-state index in [1.54, 1.807) is 20.3 Å². The predicted molar refractivity (Wildman–Crippen MR) is 73.5 cm³/mol. The first-order valence-corrected chi connectivity index (χ1v) is 6.38. The van der Waals surface area contributed by atoms with Crippen molar-refractivity contribution < 1.29 is 18.9 Å². The summed E-state index contributed by atoms with van der Waals surface area (Å²) in [6.07, 6.45) is -0.480. The van der Waals surface area contributed by atoms with Gasteiger partial charge in [0.25, 0.3) is 0 Å². The molecule has 0 aliphatic carbocycles. The van der Waals surface area contributed by atoms with E-state index in [1.807, 2.05) is 26.0 Å². The molecule has 19 heavy (non-hydrogen) atoms. The highest BCUT2D eigenvalue weighted by molar-refractivity contribution is 5.39. The molecular weight excluding hydrogens is 246 g/mol. The molecule has 0 heterocycles. The molecule has 1 unspecified atom stereocenters. The van der Waals surface area contributed by atoms with Crippen molar-refractivity contribution in [2.24, 2.45) is 5.73 Å². The minimum atomic E-state index is -0.480. The summed E-state index contributed by atoms with van der Waals surface area (Å²) in [6, 6.07) is 5.12. The summed E-state index contributed by atoms with van der Waals surface area (Å²) >= 11 is 0. The van der Waals surface area contributed by atoms with Crippen molar-refractivity contribution in [3.63, 3.8) is 0 Å². The summed E-state index contributed by atoms with van der Waals surface area (Å²) in [4.78, 5) is 0. The van der Waals surface area contributed by atoms with Gasteiger partial charge in [0.05, 0.1) is 20.3 Å². The van der Waals surface area contributed by atoms with Gasteiger partial charge in [-0.25, -0.2) is 0 Å². The summed E-state index contributed by atoms with van der Waals surface area (Å²) in [6.45, 7) is 4.90. The second kappa shape index (κ2) is 7.99. The van der Waals surface area contributed by atoms with Crippen LogP contribution in [0, 0.1) is 0 Å². The molecule has 5 nitrogen and oxygen atoms in total. The van der Waals surface area contributed by atoms with Gasteiger partial charge in [0, 0.05) is 19.3 Å². The van der Waals surface area contributed by atoms with Gasteiger partial charge in [0.2, 0.25) is 0 Å². The van der Waals surface area contributed by atoms with Crippen molar-refractivity contribution in [1.29, 1.82) is 0 Å². The smallest absolute Gasteiger partial charge is 0.176 e. The molecule has 0 fully saturated rings. The summed E-state index contributed by atoms with van der Waals surface area (Å²) in [5.41, 5.74) is 7.05. The van der Waals surface area contributed by atoms with E-state index in [0.717, 1.165) is 5.56 Å². The third-order valence-corrected chi connectivity index (χ3v) is 2.71. The van der Waals surface area contributed by atoms with Crippen LogP contribution in [0.25, 0.3) is 0 Å². The monoisotopic (exact) mass is 269 g/mol. The van der Waals surface area contributed by atoms with Gasteiger partial charge in [-0.1, -0.05) is 0 Å². The first-order chi connectivity index (χ1) is 9.15. The topological polar surface area (TPSA) is 62.9 Å². The lowest BCUT2D eigenvalue weighted by Gasteiger charge is -2.24. The van der Waals surface area contributed by atoms with E-state index in [1.165, 1.54) is 0 Å². The molecule has 0 radical (unpaired) electrons. The Morgan fingerprint density at radius 1 is 0.947 bits per heavy atom. The van der Waals surface area contributed by atoms with Crippen LogP contribution < -0.4 is 15.2 Å². The molecule has 1 atom stereocenters. The summed E-state index contributed by atoms with van der Waals surface area (Å²) < 4.78 is 21.5. The fraction of sp³-hybridized carbons (Fsp3) is 0.571. The van der Waals surface area contributed by atoms with E-state index in [-0.39, 0.29) is 0 Å². The van der Waals surface area contributed by atoms with Crippen LogP contribution in [0.1, 0.15) is 25.5 Å². The van der Waals surface area contributed by atoms with Gasteiger partial charge in [0.15, 0.2) is 6.29 Å². The van der Waals surface area contributed by atoms with Gasteiger partial charge in [-0.15, -0.1) is 0 Å². The molecule has 1 aromatic rings. The molecular formula is C14H23NO4. The van der Waals surface area contributed by atoms with E-state index in [2.05, 4.69) is 0 Å². The predicted octanol–water partition coefficient (Wildman–Crippen LogP) is 2.10. The maximum Gasteiger partial charge on any atom is 0.176 e. The van der Waals surface area contributed by atoms with Crippen LogP contribution in [0.5, 0.6) is 11.5 Å². The average molecular weight is 269 g/mol. The summed E-state index contributed by atoms with van der Waals surface area (Å²) in [7, 11) is 3.21. The highest BCUT2D eigenvalue weighted by Gasteiger charge is 2.21. The molecule has 5 heteroatoms. The van der Waals surface area contributed by atoms with Crippen molar-refractivity contribution in [3.8, 4) is 11.5 Å². The quantitative estimate of drug-likeness (QED) is 0.732. The molecule has 0 spiro atoms. The zero-order chi connectivity index (χ0) is 14.3. The van der Waals surface area contributed by atoms with Crippen molar-refractivity contribution in [2.75, 3.05) is 27.4 Å². The van der Waals surface area contributed by atoms with Gasteiger partial charge in [-0.05, 0) is 31.5 Å². The van der Waals surface area contributed by atoms with Crippen LogP contribution in [0.3, 0.4) is 0 Å². The van der Waals surface area contributed by atoms with Crippen LogP contribution in [0.2, 0.25) is 0 Å². The van der Waals surface area contributed by atoms with Crippen molar-refractivity contribution in [2.45, 2.75) is 26.2 Å². The Morgan fingerprint density at radius 3 is 1.79 bits per heavy atom. The average Bonchev–Trinajstić information content (AvgIpc) is 2.45. The summed E-state index contributed by atoms with van der Waals surface area (Å²) in [5.74, 6) is 1.38. The van der Waals surface area contributed by atoms with E-state index < -0.39 is 12.3 Å². The highest BCUT2D eigenvalue weighted by atomic mass is 16.7. The maximum absolute atomic E-state index is 6.20. The van der Waals surface area contributed by atoms with E-state index >= 15 is 0 Å². The Kier molecular flexibility index (Phi) is 6.62. The molecule has 0 saturated heterocycles. The van der Waals surface area contributed by atoms with E-state index in [0.29, 0.717) is 24.7 Å². The number of benzene rings is 1. The van der Waals surface area contributed by atoms with E-state index in [4.69, 9.17) is 24.7 Å². The molecule has 0 amide bonds. The zero-order valence-corrected chi connectivity index (χ0v) is 12.0. The number of hydrogen-bond acceptors (Lipinski definition) is 5. The molecule has 108 valence electrons. The molecule has 0 aliphatic heterocycles. The Labute approximate surface area is 114 Å². The normalized spacial score (nSPS) is 12.5. The molecule has 0 aliphatic rings. The van der Waals surface area contributed by atoms with Crippen molar-refractivity contribution in [1.82, 2.24) is 0 Å². The SMILES string of the molecule is CCOC(OCC)C(N)c1cc(OC)cc(OC)c1. The second-order valence-electron chi connectivity index (χ2n) is 3.95. The summed E-state index contributed by atoms with van der Waals surface area (Å²) in [5, 5.41) is 0. The standard InChI is InChI=1S/C14H23NO4/c1-5-18-14(19-6-2)13(15)10-7-11(16-3)9-12(8-10)17-4/h7-9,13-14H,5-6,15H2,1-4H3. The molecule has 0 bridgehead atoms. The fourth-order valence-corrected chi connectivity index (χ4v) is 1.76. The van der Waals surface area contributed by atoms with Crippen molar-refractivity contribution >= 4 is 0 Å². The molecule has 0 aromatic heterocycles. The first-order valence-electron chi connectivity index (χ1n) is 6.38. The van der Waals surface area contributed by atoms with Crippen LogP contribution in [0.15, 0.2) is 18.2 Å². The van der Waals surface area contributed by atoms with Crippen LogP contribution in [-0.2, 0) is 9.47 Å². The van der Waals surface area contributed by atoms with Gasteiger partial charge in [-0.2, -0.15) is 0 Å². The largest absolute Gasteiger partial charge is 0.497 e. The Balaban J connectivity index is 2.97. The van der Waals surface area contributed by atoms with Gasteiger partial charge in [-0.3, -0.25) is 0 Å². The molecule has 1 rings (SSSR count). The Hall–Kier alpha value is -1.30. The Morgan fingerprint density at radius 2 is 1.42 bits per heavy atom. The minimum Gasteiger partial charge on any atom is -0.497 e. The lowest BCUT2D eigenvalue weighted by Crippen LogP contribution is -2.31. The lowest BCUT2D eigenvalue weighted by atomic mass is 10.1. The fourth-order valence-electron chi connectivity index (χ4n) is 1.76. The lowest BCUT2D eigenvalue weighted by molar-refractivity contribution is -0.149. The Bertz CT molecular complexity index is 355. The first kappa shape index (κ1) is 15.8. The minimum absolute atomic E-state index is 0.399. The van der Waals surface area contributed by atoms with Gasteiger partial charge >= 0.3 is 0 Å². The van der Waals surface area contributed by atoms with Crippen LogP contribution in [-0.4, -0.2) is 33.7 Å². The highest BCUT2D eigenvalue weighted by Crippen LogP contribution is 2.28. The van der Waals surface area contributed by atoms with Crippen LogP contribution in [0.4, 0.5) is 0 Å². The number of nitrogens with two attached hydrogens (primary N) is 1. The van der Waals surface area contributed by atoms with Crippen molar-refractivity contribution in [3.05, 3.63) is 23.8 Å². The third-order valence-electron chi connectivity index (χ3n) is 2.71. The van der Waals surface area contributed by atoms with Gasteiger partial charge in [0.1, 0.15) is 11.5 Å². The molecule has 2 N–H and O–H groups in total.